The molecule has 0 unspecified atom stereocenters. The van der Waals surface area contributed by atoms with Crippen molar-refractivity contribution in [1.82, 2.24) is 9.78 Å². The van der Waals surface area contributed by atoms with Crippen LogP contribution in [0.25, 0.3) is 0 Å². The molecule has 5 nitrogen and oxygen atoms in total. The molecule has 2 N–H and O–H groups in total. The molecule has 104 valence electrons. The van der Waals surface area contributed by atoms with E-state index in [9.17, 15) is 9.18 Å². The maximum absolute atomic E-state index is 13.3. The molecule has 2 aromatic rings. The molecule has 0 radical (unpaired) electrons. The molecule has 2 heterocycles. The van der Waals surface area contributed by atoms with Gasteiger partial charge < -0.3 is 10.6 Å². The van der Waals surface area contributed by atoms with E-state index in [-0.39, 0.29) is 11.7 Å². The molecule has 20 heavy (non-hydrogen) atoms. The van der Waals surface area contributed by atoms with Crippen molar-refractivity contribution < 1.29 is 9.18 Å². The average molecular weight is 386 g/mol. The van der Waals surface area contributed by atoms with Crippen LogP contribution in [0.2, 0.25) is 0 Å². The highest BCUT2D eigenvalue weighted by molar-refractivity contribution is 14.1. The number of halogens is 2. The van der Waals surface area contributed by atoms with Crippen molar-refractivity contribution in [3.8, 4) is 0 Å². The largest absolute Gasteiger partial charge is 0.308 e. The Balaban J connectivity index is 2.06. The average Bonchev–Trinajstić information content (AvgIpc) is 2.80. The van der Waals surface area contributed by atoms with Gasteiger partial charge in [0, 0.05) is 5.69 Å². The number of aryl methyl sites for hydroxylation is 1. The van der Waals surface area contributed by atoms with Crippen molar-refractivity contribution in [1.29, 1.82) is 0 Å². The van der Waals surface area contributed by atoms with Gasteiger partial charge in [-0.05, 0) is 53.3 Å². The van der Waals surface area contributed by atoms with E-state index in [0.717, 1.165) is 3.57 Å². The standard InChI is InChI=1S/C13H12FIN4O/c1-7-4-8(2-3-9(7)14)18-6-11(16)19-12(13(18)20)10(15)5-17-19/h2-5,11H,6,16H2,1H3/t11-/m1/s1. The minimum Gasteiger partial charge on any atom is -0.308 e. The third kappa shape index (κ3) is 2.01. The Kier molecular flexibility index (Phi) is 3.25. The highest BCUT2D eigenvalue weighted by atomic mass is 127. The summed E-state index contributed by atoms with van der Waals surface area (Å²) in [5, 5.41) is 4.12. The predicted molar refractivity (Wildman–Crippen MR) is 81.0 cm³/mol. The van der Waals surface area contributed by atoms with E-state index in [1.807, 2.05) is 0 Å². The number of hydrogen-bond acceptors (Lipinski definition) is 3. The first kappa shape index (κ1) is 13.5. The summed E-state index contributed by atoms with van der Waals surface area (Å²) in [6.45, 7) is 1.98. The van der Waals surface area contributed by atoms with Crippen LogP contribution in [-0.4, -0.2) is 22.2 Å². The summed E-state index contributed by atoms with van der Waals surface area (Å²) < 4.78 is 15.6. The van der Waals surface area contributed by atoms with Crippen molar-refractivity contribution >= 4 is 34.2 Å². The lowest BCUT2D eigenvalue weighted by atomic mass is 10.1. The molecule has 0 aliphatic carbocycles. The maximum Gasteiger partial charge on any atom is 0.277 e. The van der Waals surface area contributed by atoms with Gasteiger partial charge in [-0.2, -0.15) is 5.10 Å². The zero-order chi connectivity index (χ0) is 14.4. The number of benzene rings is 1. The lowest BCUT2D eigenvalue weighted by Gasteiger charge is -2.32. The lowest BCUT2D eigenvalue weighted by molar-refractivity contribution is 0.0950. The molecule has 1 aromatic carbocycles. The summed E-state index contributed by atoms with van der Waals surface area (Å²) in [7, 11) is 0. The molecule has 3 rings (SSSR count). The fraction of sp³-hybridized carbons (Fsp3) is 0.231. The third-order valence-corrected chi connectivity index (χ3v) is 4.12. The number of anilines is 1. The second-order valence-corrected chi connectivity index (χ2v) is 5.86. The number of carbonyl (C=O) groups is 1. The number of nitrogens with zero attached hydrogens (tertiary/aromatic N) is 3. The van der Waals surface area contributed by atoms with Gasteiger partial charge in [0.2, 0.25) is 0 Å². The van der Waals surface area contributed by atoms with E-state index < -0.39 is 6.17 Å². The van der Waals surface area contributed by atoms with E-state index in [1.165, 1.54) is 10.7 Å². The minimum atomic E-state index is -0.406. The lowest BCUT2D eigenvalue weighted by Crippen LogP contribution is -2.46. The fourth-order valence-corrected chi connectivity index (χ4v) is 2.89. The zero-order valence-electron chi connectivity index (χ0n) is 10.7. The topological polar surface area (TPSA) is 64.2 Å². The summed E-state index contributed by atoms with van der Waals surface area (Å²) in [5.41, 5.74) is 7.67. The Morgan fingerprint density at radius 1 is 1.50 bits per heavy atom. The number of carbonyl (C=O) groups excluding carboxylic acids is 1. The van der Waals surface area contributed by atoms with Gasteiger partial charge in [-0.3, -0.25) is 4.79 Å². The van der Waals surface area contributed by atoms with E-state index in [0.29, 0.717) is 23.5 Å². The van der Waals surface area contributed by atoms with Gasteiger partial charge in [0.15, 0.2) is 0 Å². The normalized spacial score (nSPS) is 18.3. The van der Waals surface area contributed by atoms with Gasteiger partial charge in [0.1, 0.15) is 17.7 Å². The first-order chi connectivity index (χ1) is 9.49. The number of nitrogens with two attached hydrogens (primary N) is 1. The molecule has 0 spiro atoms. The second-order valence-electron chi connectivity index (χ2n) is 4.70. The highest BCUT2D eigenvalue weighted by Gasteiger charge is 2.33. The summed E-state index contributed by atoms with van der Waals surface area (Å²) in [6.07, 6.45) is 1.21. The Morgan fingerprint density at radius 2 is 2.25 bits per heavy atom. The number of rotatable bonds is 1. The number of hydrogen-bond donors (Lipinski definition) is 1. The van der Waals surface area contributed by atoms with Crippen LogP contribution >= 0.6 is 22.6 Å². The molecule has 1 atom stereocenters. The Morgan fingerprint density at radius 3 is 2.95 bits per heavy atom. The zero-order valence-corrected chi connectivity index (χ0v) is 12.8. The van der Waals surface area contributed by atoms with Gasteiger partial charge >= 0.3 is 0 Å². The third-order valence-electron chi connectivity index (χ3n) is 3.34. The maximum atomic E-state index is 13.3. The van der Waals surface area contributed by atoms with Gasteiger partial charge in [0.05, 0.1) is 16.3 Å². The van der Waals surface area contributed by atoms with Gasteiger partial charge in [-0.25, -0.2) is 9.07 Å². The minimum absolute atomic E-state index is 0.167. The van der Waals surface area contributed by atoms with E-state index >= 15 is 0 Å². The van der Waals surface area contributed by atoms with E-state index in [1.54, 1.807) is 30.2 Å². The molecule has 1 aliphatic heterocycles. The van der Waals surface area contributed by atoms with Gasteiger partial charge in [-0.1, -0.05) is 0 Å². The fourth-order valence-electron chi connectivity index (χ4n) is 2.29. The monoisotopic (exact) mass is 386 g/mol. The molecule has 1 aromatic heterocycles. The van der Waals surface area contributed by atoms with Crippen LogP contribution in [0.3, 0.4) is 0 Å². The smallest absolute Gasteiger partial charge is 0.277 e. The van der Waals surface area contributed by atoms with Gasteiger partial charge in [0.25, 0.3) is 5.91 Å². The highest BCUT2D eigenvalue weighted by Crippen LogP contribution is 2.27. The van der Waals surface area contributed by atoms with Crippen molar-refractivity contribution in [3.05, 3.63) is 45.0 Å². The van der Waals surface area contributed by atoms with Gasteiger partial charge in [-0.15, -0.1) is 0 Å². The molecular weight excluding hydrogens is 374 g/mol. The molecular formula is C13H12FIN4O. The Labute approximate surface area is 128 Å². The van der Waals surface area contributed by atoms with Crippen LogP contribution in [0.1, 0.15) is 22.2 Å². The van der Waals surface area contributed by atoms with E-state index in [4.69, 9.17) is 5.73 Å². The van der Waals surface area contributed by atoms with Crippen molar-refractivity contribution in [2.24, 2.45) is 5.73 Å². The van der Waals surface area contributed by atoms with Crippen LogP contribution in [-0.2, 0) is 0 Å². The van der Waals surface area contributed by atoms with Crippen LogP contribution in [0, 0.1) is 16.3 Å². The summed E-state index contributed by atoms with van der Waals surface area (Å²) in [5.74, 6) is -0.457. The molecule has 7 heteroatoms. The number of aromatic nitrogens is 2. The summed E-state index contributed by atoms with van der Waals surface area (Å²) in [6, 6.07) is 4.60. The molecule has 0 fully saturated rings. The van der Waals surface area contributed by atoms with E-state index in [2.05, 4.69) is 27.7 Å². The van der Waals surface area contributed by atoms with Crippen molar-refractivity contribution in [2.75, 3.05) is 11.4 Å². The molecule has 1 aliphatic rings. The predicted octanol–water partition coefficient (Wildman–Crippen LogP) is 2.05. The van der Waals surface area contributed by atoms with Crippen LogP contribution < -0.4 is 10.6 Å². The molecule has 0 saturated heterocycles. The second kappa shape index (κ2) is 4.81. The van der Waals surface area contributed by atoms with Crippen LogP contribution in [0.5, 0.6) is 0 Å². The summed E-state index contributed by atoms with van der Waals surface area (Å²) >= 11 is 2.06. The van der Waals surface area contributed by atoms with Crippen LogP contribution in [0.15, 0.2) is 24.4 Å². The van der Waals surface area contributed by atoms with Crippen LogP contribution in [0.4, 0.5) is 10.1 Å². The first-order valence-corrected chi connectivity index (χ1v) is 7.13. The quantitative estimate of drug-likeness (QED) is 0.764. The van der Waals surface area contributed by atoms with Crippen molar-refractivity contribution in [2.45, 2.75) is 13.1 Å². The number of fused-ring (bicyclic) bond motifs is 1. The van der Waals surface area contributed by atoms with Crippen molar-refractivity contribution in [3.63, 3.8) is 0 Å². The first-order valence-electron chi connectivity index (χ1n) is 6.05. The Bertz CT molecular complexity index is 700. The molecule has 0 saturated carbocycles. The molecule has 1 amide bonds. The Hall–Kier alpha value is -1.48. The summed E-state index contributed by atoms with van der Waals surface area (Å²) in [4.78, 5) is 14.1. The number of amides is 1. The SMILES string of the molecule is Cc1cc(N2C[C@H](N)n3ncc(I)c3C2=O)ccc1F. The molecule has 0 bridgehead atoms.